The van der Waals surface area contributed by atoms with Gasteiger partial charge in [0.2, 0.25) is 0 Å². The maximum absolute atomic E-state index is 13.0. The number of pyridine rings is 1. The van der Waals surface area contributed by atoms with E-state index in [1.807, 2.05) is 0 Å². The molecule has 1 unspecified atom stereocenters. The lowest BCUT2D eigenvalue weighted by Gasteiger charge is -2.13. The monoisotopic (exact) mass is 404 g/mol. The second-order valence-electron chi connectivity index (χ2n) is 5.55. The molecule has 3 rings (SSSR count). The molecule has 3 aromatic rings. The Balaban J connectivity index is 1.64. The number of rotatable bonds is 5. The van der Waals surface area contributed by atoms with Crippen LogP contribution >= 0.6 is 22.9 Å². The smallest absolute Gasteiger partial charge is 0.349 e. The molecule has 2 heterocycles. The van der Waals surface area contributed by atoms with Crippen molar-refractivity contribution in [3.05, 3.63) is 70.6 Å². The van der Waals surface area contributed by atoms with E-state index in [1.54, 1.807) is 36.4 Å². The molecule has 8 heteroatoms. The molecule has 138 valence electrons. The van der Waals surface area contributed by atoms with Gasteiger partial charge in [0.05, 0.1) is 5.69 Å². The Hall–Kier alpha value is -2.77. The molecule has 0 radical (unpaired) electrons. The summed E-state index contributed by atoms with van der Waals surface area (Å²) < 4.78 is 18.2. The Labute approximate surface area is 163 Å². The summed E-state index contributed by atoms with van der Waals surface area (Å²) in [7, 11) is 0. The van der Waals surface area contributed by atoms with E-state index < -0.39 is 18.0 Å². The van der Waals surface area contributed by atoms with E-state index in [4.69, 9.17) is 16.3 Å². The summed E-state index contributed by atoms with van der Waals surface area (Å²) in [5, 5.41) is 2.71. The number of halogens is 2. The van der Waals surface area contributed by atoms with Crippen LogP contribution in [0.3, 0.4) is 0 Å². The largest absolute Gasteiger partial charge is 0.448 e. The first-order valence-electron chi connectivity index (χ1n) is 7.92. The Kier molecular flexibility index (Phi) is 5.83. The van der Waals surface area contributed by atoms with Crippen LogP contribution in [0.2, 0.25) is 5.15 Å². The third-order valence-corrected chi connectivity index (χ3v) is 5.02. The number of ether oxygens (including phenoxy) is 1. The van der Waals surface area contributed by atoms with Crippen LogP contribution < -0.4 is 5.32 Å². The van der Waals surface area contributed by atoms with Gasteiger partial charge in [-0.1, -0.05) is 23.7 Å². The normalized spacial score (nSPS) is 11.7. The summed E-state index contributed by atoms with van der Waals surface area (Å²) in [5.74, 6) is -1.47. The summed E-state index contributed by atoms with van der Waals surface area (Å²) in [5.41, 5.74) is 1.12. The summed E-state index contributed by atoms with van der Waals surface area (Å²) in [6.45, 7) is 1.46. The molecule has 1 amide bonds. The third kappa shape index (κ3) is 4.69. The van der Waals surface area contributed by atoms with Crippen molar-refractivity contribution in [1.29, 1.82) is 0 Å². The van der Waals surface area contributed by atoms with Gasteiger partial charge in [-0.3, -0.25) is 4.79 Å². The number of esters is 1. The Morgan fingerprint density at radius 2 is 1.93 bits per heavy atom. The number of amides is 1. The van der Waals surface area contributed by atoms with Crippen molar-refractivity contribution in [3.63, 3.8) is 0 Å². The zero-order chi connectivity index (χ0) is 19.4. The number of carbonyl (C=O) groups excluding carboxylic acids is 2. The zero-order valence-corrected chi connectivity index (χ0v) is 15.7. The van der Waals surface area contributed by atoms with E-state index in [0.29, 0.717) is 10.6 Å². The average molecular weight is 405 g/mol. The van der Waals surface area contributed by atoms with Gasteiger partial charge in [0.15, 0.2) is 11.3 Å². The first-order valence-corrected chi connectivity index (χ1v) is 9.11. The fourth-order valence-corrected chi connectivity index (χ4v) is 3.26. The molecule has 2 aromatic heterocycles. The van der Waals surface area contributed by atoms with Gasteiger partial charge < -0.3 is 10.1 Å². The standard InChI is InChI=1S/C19H14ClFN2O3S/c1-11(18(24)23-14-3-2-10-22-17(14)20)26-19(25)16-9-8-15(27-16)12-4-6-13(21)7-5-12/h2-11H,1H3,(H,23,24). The highest BCUT2D eigenvalue weighted by atomic mass is 35.5. The molecule has 27 heavy (non-hydrogen) atoms. The van der Waals surface area contributed by atoms with Crippen LogP contribution in [0.5, 0.6) is 0 Å². The van der Waals surface area contributed by atoms with Crippen molar-refractivity contribution in [2.75, 3.05) is 5.32 Å². The lowest BCUT2D eigenvalue weighted by molar-refractivity contribution is -0.123. The zero-order valence-electron chi connectivity index (χ0n) is 14.1. The first kappa shape index (κ1) is 19.0. The van der Waals surface area contributed by atoms with Gasteiger partial charge in [-0.2, -0.15) is 0 Å². The highest BCUT2D eigenvalue weighted by molar-refractivity contribution is 7.17. The number of hydrogen-bond donors (Lipinski definition) is 1. The predicted molar refractivity (Wildman–Crippen MR) is 102 cm³/mol. The highest BCUT2D eigenvalue weighted by Gasteiger charge is 2.21. The second kappa shape index (κ2) is 8.28. The van der Waals surface area contributed by atoms with Gasteiger partial charge in [-0.25, -0.2) is 14.2 Å². The molecule has 0 saturated heterocycles. The maximum atomic E-state index is 13.0. The van der Waals surface area contributed by atoms with Gasteiger partial charge in [0.1, 0.15) is 10.7 Å². The minimum Gasteiger partial charge on any atom is -0.448 e. The van der Waals surface area contributed by atoms with Crippen molar-refractivity contribution in [1.82, 2.24) is 4.98 Å². The van der Waals surface area contributed by atoms with Crippen molar-refractivity contribution >= 4 is 40.5 Å². The molecule has 0 fully saturated rings. The second-order valence-corrected chi connectivity index (χ2v) is 6.99. The minimum absolute atomic E-state index is 0.145. The van der Waals surface area contributed by atoms with Gasteiger partial charge in [0.25, 0.3) is 5.91 Å². The number of anilines is 1. The van der Waals surface area contributed by atoms with Crippen LogP contribution in [0, 0.1) is 5.82 Å². The number of nitrogens with one attached hydrogen (secondary N) is 1. The Morgan fingerprint density at radius 1 is 1.19 bits per heavy atom. The predicted octanol–water partition coefficient (Wildman–Crippen LogP) is 4.79. The molecular weight excluding hydrogens is 391 g/mol. The molecular formula is C19H14ClFN2O3S. The van der Waals surface area contributed by atoms with Crippen LogP contribution in [0.15, 0.2) is 54.7 Å². The van der Waals surface area contributed by atoms with Gasteiger partial charge in [0, 0.05) is 11.1 Å². The summed E-state index contributed by atoms with van der Waals surface area (Å²) in [4.78, 5) is 29.5. The summed E-state index contributed by atoms with van der Waals surface area (Å²) >= 11 is 7.09. The number of aromatic nitrogens is 1. The Morgan fingerprint density at radius 3 is 2.63 bits per heavy atom. The lowest BCUT2D eigenvalue weighted by Crippen LogP contribution is -2.29. The average Bonchev–Trinajstić information content (AvgIpc) is 3.14. The van der Waals surface area contributed by atoms with E-state index in [9.17, 15) is 14.0 Å². The summed E-state index contributed by atoms with van der Waals surface area (Å²) in [6.07, 6.45) is 0.474. The number of benzene rings is 1. The van der Waals surface area contributed by atoms with Crippen molar-refractivity contribution in [3.8, 4) is 10.4 Å². The van der Waals surface area contributed by atoms with Crippen molar-refractivity contribution in [2.24, 2.45) is 0 Å². The number of hydrogen-bond acceptors (Lipinski definition) is 5. The number of nitrogens with zero attached hydrogens (tertiary/aromatic N) is 1. The first-order chi connectivity index (χ1) is 12.9. The van der Waals surface area contributed by atoms with E-state index >= 15 is 0 Å². The topological polar surface area (TPSA) is 68.3 Å². The maximum Gasteiger partial charge on any atom is 0.349 e. The fraction of sp³-hybridized carbons (Fsp3) is 0.105. The number of carbonyl (C=O) groups is 2. The Bertz CT molecular complexity index is 975. The van der Waals surface area contributed by atoms with Crippen molar-refractivity contribution < 1.29 is 18.7 Å². The lowest BCUT2D eigenvalue weighted by atomic mass is 10.2. The minimum atomic E-state index is -1.02. The molecule has 5 nitrogen and oxygen atoms in total. The fourth-order valence-electron chi connectivity index (χ4n) is 2.20. The third-order valence-electron chi connectivity index (χ3n) is 3.61. The molecule has 0 saturated carbocycles. The van der Waals surface area contributed by atoms with E-state index in [1.165, 1.54) is 36.6 Å². The summed E-state index contributed by atoms with van der Waals surface area (Å²) in [6, 6.07) is 12.5. The van der Waals surface area contributed by atoms with E-state index in [0.717, 1.165) is 10.4 Å². The van der Waals surface area contributed by atoms with Crippen LogP contribution in [0.1, 0.15) is 16.6 Å². The quantitative estimate of drug-likeness (QED) is 0.490. The van der Waals surface area contributed by atoms with E-state index in [2.05, 4.69) is 10.3 Å². The molecule has 0 bridgehead atoms. The van der Waals surface area contributed by atoms with Gasteiger partial charge in [-0.15, -0.1) is 11.3 Å². The molecule has 0 spiro atoms. The van der Waals surface area contributed by atoms with Crippen LogP contribution in [0.4, 0.5) is 10.1 Å². The van der Waals surface area contributed by atoms with Crippen LogP contribution in [0.25, 0.3) is 10.4 Å². The SMILES string of the molecule is CC(OC(=O)c1ccc(-c2ccc(F)cc2)s1)C(=O)Nc1cccnc1Cl. The van der Waals surface area contributed by atoms with Gasteiger partial charge in [-0.05, 0) is 48.9 Å². The molecule has 1 atom stereocenters. The molecule has 0 aliphatic rings. The van der Waals surface area contributed by atoms with Crippen molar-refractivity contribution in [2.45, 2.75) is 13.0 Å². The molecule has 0 aliphatic heterocycles. The van der Waals surface area contributed by atoms with Gasteiger partial charge >= 0.3 is 5.97 Å². The van der Waals surface area contributed by atoms with Crippen LogP contribution in [-0.2, 0) is 9.53 Å². The van der Waals surface area contributed by atoms with Crippen LogP contribution in [-0.4, -0.2) is 23.0 Å². The molecule has 0 aliphatic carbocycles. The molecule has 1 aromatic carbocycles. The molecule has 1 N–H and O–H groups in total. The van der Waals surface area contributed by atoms with E-state index in [-0.39, 0.29) is 11.0 Å². The highest BCUT2D eigenvalue weighted by Crippen LogP contribution is 2.29. The number of thiophene rings is 1.